The molecule has 1 aromatic heterocycles. The minimum Gasteiger partial charge on any atom is -0.478 e. The molecule has 2 N–H and O–H groups in total. The van der Waals surface area contributed by atoms with Crippen molar-refractivity contribution in [2.45, 2.75) is 23.9 Å². The quantitative estimate of drug-likeness (QED) is 0.840. The molecule has 0 fully saturated rings. The highest BCUT2D eigenvalue weighted by Gasteiger charge is 2.08. The molecule has 0 atom stereocenters. The van der Waals surface area contributed by atoms with Crippen molar-refractivity contribution in [2.24, 2.45) is 0 Å². The Hall–Kier alpha value is -2.08. The van der Waals surface area contributed by atoms with Gasteiger partial charge in [-0.15, -0.1) is 0 Å². The fourth-order valence-electron chi connectivity index (χ4n) is 1.65. The van der Waals surface area contributed by atoms with Crippen molar-refractivity contribution in [1.29, 1.82) is 0 Å². The highest BCUT2D eigenvalue weighted by molar-refractivity contribution is 7.99. The number of H-pyrrole nitrogens is 1. The summed E-state index contributed by atoms with van der Waals surface area (Å²) < 4.78 is 0. The van der Waals surface area contributed by atoms with Gasteiger partial charge < -0.3 is 10.1 Å². The van der Waals surface area contributed by atoms with Crippen LogP contribution in [0.5, 0.6) is 0 Å². The normalized spacial score (nSPS) is 10.4. The van der Waals surface area contributed by atoms with E-state index in [4.69, 9.17) is 5.11 Å². The van der Waals surface area contributed by atoms with Gasteiger partial charge in [0.2, 0.25) is 0 Å². The van der Waals surface area contributed by atoms with Gasteiger partial charge in [-0.3, -0.25) is 4.79 Å². The Morgan fingerprint density at radius 3 is 2.63 bits per heavy atom. The summed E-state index contributed by atoms with van der Waals surface area (Å²) in [5, 5.41) is 9.45. The minimum atomic E-state index is -0.948. The summed E-state index contributed by atoms with van der Waals surface area (Å²) in [5.41, 5.74) is 1.39. The zero-order valence-corrected chi connectivity index (χ0v) is 11.2. The smallest absolute Gasteiger partial charge is 0.335 e. The summed E-state index contributed by atoms with van der Waals surface area (Å²) >= 11 is 1.29. The number of hydrogen-bond acceptors (Lipinski definition) is 4. The van der Waals surface area contributed by atoms with Crippen LogP contribution in [0.2, 0.25) is 0 Å². The lowest BCUT2D eigenvalue weighted by Gasteiger charge is -2.05. The number of carboxylic acids is 1. The summed E-state index contributed by atoms with van der Waals surface area (Å²) in [4.78, 5) is 29.9. The molecule has 0 bridgehead atoms. The first-order valence-electron chi connectivity index (χ1n) is 5.55. The van der Waals surface area contributed by atoms with Crippen LogP contribution in [0.15, 0.2) is 39.1 Å². The molecule has 0 aliphatic heterocycles. The van der Waals surface area contributed by atoms with Gasteiger partial charge in [-0.05, 0) is 37.6 Å². The maximum Gasteiger partial charge on any atom is 0.335 e. The Morgan fingerprint density at radius 1 is 1.32 bits per heavy atom. The van der Waals surface area contributed by atoms with E-state index in [-0.39, 0.29) is 11.1 Å². The lowest BCUT2D eigenvalue weighted by Crippen LogP contribution is -2.07. The Bertz CT molecular complexity index is 695. The SMILES string of the molecule is Cc1cc(=O)[nH]c(Sc2ccc(C(=O)O)c(C)c2)n1. The van der Waals surface area contributed by atoms with Crippen molar-refractivity contribution in [2.75, 3.05) is 0 Å². The van der Waals surface area contributed by atoms with Gasteiger partial charge in [-0.25, -0.2) is 9.78 Å². The largest absolute Gasteiger partial charge is 0.478 e. The monoisotopic (exact) mass is 276 g/mol. The minimum absolute atomic E-state index is 0.200. The predicted octanol–water partition coefficient (Wildman–Crippen LogP) is 2.24. The second-order valence-corrected chi connectivity index (χ2v) is 5.14. The molecule has 1 heterocycles. The Balaban J connectivity index is 2.31. The fourth-order valence-corrected chi connectivity index (χ4v) is 2.59. The maximum absolute atomic E-state index is 11.3. The summed E-state index contributed by atoms with van der Waals surface area (Å²) in [6.45, 7) is 3.48. The molecule has 6 heteroatoms. The number of hydrogen-bond donors (Lipinski definition) is 2. The van der Waals surface area contributed by atoms with Gasteiger partial charge in [0.15, 0.2) is 5.16 Å². The zero-order valence-electron chi connectivity index (χ0n) is 10.4. The van der Waals surface area contributed by atoms with Crippen LogP contribution in [0.3, 0.4) is 0 Å². The van der Waals surface area contributed by atoms with Crippen molar-refractivity contribution < 1.29 is 9.90 Å². The number of aromatic carboxylic acids is 1. The van der Waals surface area contributed by atoms with Gasteiger partial charge in [0, 0.05) is 16.7 Å². The number of carboxylic acid groups (broad SMARTS) is 1. The number of benzene rings is 1. The Kier molecular flexibility index (Phi) is 3.71. The third-order valence-corrected chi connectivity index (χ3v) is 3.37. The van der Waals surface area contributed by atoms with Crippen LogP contribution >= 0.6 is 11.8 Å². The van der Waals surface area contributed by atoms with Gasteiger partial charge in [-0.2, -0.15) is 0 Å². The lowest BCUT2D eigenvalue weighted by molar-refractivity contribution is 0.0696. The molecule has 0 amide bonds. The average Bonchev–Trinajstić information content (AvgIpc) is 2.26. The molecule has 2 rings (SSSR count). The molecule has 0 spiro atoms. The van der Waals surface area contributed by atoms with Crippen molar-refractivity contribution in [1.82, 2.24) is 9.97 Å². The fraction of sp³-hybridized carbons (Fsp3) is 0.154. The standard InChI is InChI=1S/C13H12N2O3S/c1-7-5-9(3-4-10(7)12(17)18)19-13-14-8(2)6-11(16)15-13/h3-6H,1-2H3,(H,17,18)(H,14,15,16). The van der Waals surface area contributed by atoms with Crippen molar-refractivity contribution in [3.63, 3.8) is 0 Å². The second-order valence-electron chi connectivity index (χ2n) is 4.08. The third kappa shape index (κ3) is 3.23. The molecule has 0 saturated carbocycles. The van der Waals surface area contributed by atoms with E-state index in [9.17, 15) is 9.59 Å². The number of nitrogens with one attached hydrogen (secondary N) is 1. The Morgan fingerprint density at radius 2 is 2.05 bits per heavy atom. The maximum atomic E-state index is 11.3. The highest BCUT2D eigenvalue weighted by atomic mass is 32.2. The Labute approximate surface area is 113 Å². The van der Waals surface area contributed by atoms with Crippen molar-refractivity contribution in [3.8, 4) is 0 Å². The van der Waals surface area contributed by atoms with Crippen LogP contribution < -0.4 is 5.56 Å². The van der Waals surface area contributed by atoms with Gasteiger partial charge in [-0.1, -0.05) is 11.8 Å². The summed E-state index contributed by atoms with van der Waals surface area (Å²) in [7, 11) is 0. The highest BCUT2D eigenvalue weighted by Crippen LogP contribution is 2.26. The molecule has 5 nitrogen and oxygen atoms in total. The molecule has 0 aliphatic carbocycles. The molecule has 2 aromatic rings. The molecule has 98 valence electrons. The van der Waals surface area contributed by atoms with Crippen LogP contribution in [-0.2, 0) is 0 Å². The first-order chi connectivity index (χ1) is 8.95. The molecular formula is C13H12N2O3S. The van der Waals surface area contributed by atoms with Crippen LogP contribution in [0.4, 0.5) is 0 Å². The summed E-state index contributed by atoms with van der Waals surface area (Å²) in [6, 6.07) is 6.43. The zero-order chi connectivity index (χ0) is 14.0. The molecule has 1 aromatic carbocycles. The molecule has 0 radical (unpaired) electrons. The number of aromatic amines is 1. The molecular weight excluding hydrogens is 264 g/mol. The van der Waals surface area contributed by atoms with Gasteiger partial charge in [0.25, 0.3) is 5.56 Å². The van der Waals surface area contributed by atoms with E-state index in [1.54, 1.807) is 32.0 Å². The number of carbonyl (C=O) groups is 1. The molecule has 19 heavy (non-hydrogen) atoms. The van der Waals surface area contributed by atoms with Gasteiger partial charge in [0.1, 0.15) is 0 Å². The topological polar surface area (TPSA) is 83.0 Å². The second kappa shape index (κ2) is 5.27. The van der Waals surface area contributed by atoms with Crippen molar-refractivity contribution >= 4 is 17.7 Å². The van der Waals surface area contributed by atoms with E-state index in [1.807, 2.05) is 0 Å². The van der Waals surface area contributed by atoms with E-state index >= 15 is 0 Å². The number of nitrogens with zero attached hydrogens (tertiary/aromatic N) is 1. The third-order valence-electron chi connectivity index (χ3n) is 2.49. The summed E-state index contributed by atoms with van der Waals surface area (Å²) in [5.74, 6) is -0.948. The first-order valence-corrected chi connectivity index (χ1v) is 6.37. The van der Waals surface area contributed by atoms with Crippen LogP contribution in [0.1, 0.15) is 21.6 Å². The summed E-state index contributed by atoms with van der Waals surface area (Å²) in [6.07, 6.45) is 0. The molecule has 0 saturated heterocycles. The van der Waals surface area contributed by atoms with Crippen molar-refractivity contribution in [3.05, 3.63) is 51.4 Å². The average molecular weight is 276 g/mol. The van der Waals surface area contributed by atoms with Crippen LogP contribution in [0.25, 0.3) is 0 Å². The van der Waals surface area contributed by atoms with Gasteiger partial charge >= 0.3 is 5.97 Å². The van der Waals surface area contributed by atoms with Crippen LogP contribution in [0, 0.1) is 13.8 Å². The predicted molar refractivity (Wildman–Crippen MR) is 71.9 cm³/mol. The lowest BCUT2D eigenvalue weighted by atomic mass is 10.1. The van der Waals surface area contributed by atoms with Crippen LogP contribution in [-0.4, -0.2) is 21.0 Å². The van der Waals surface area contributed by atoms with E-state index in [2.05, 4.69) is 9.97 Å². The number of aromatic nitrogens is 2. The number of rotatable bonds is 3. The van der Waals surface area contributed by atoms with Gasteiger partial charge in [0.05, 0.1) is 5.56 Å². The molecule has 0 aliphatic rings. The van der Waals surface area contributed by atoms with E-state index in [1.165, 1.54) is 17.8 Å². The first kappa shape index (κ1) is 13.4. The van der Waals surface area contributed by atoms with E-state index in [0.717, 1.165) is 4.90 Å². The van der Waals surface area contributed by atoms with E-state index in [0.29, 0.717) is 16.4 Å². The van der Waals surface area contributed by atoms with E-state index < -0.39 is 5.97 Å². The number of aryl methyl sites for hydroxylation is 2. The molecule has 0 unspecified atom stereocenters.